The fraction of sp³-hybridized carbons (Fsp3) is 0.379. The number of nitrogens with zero attached hydrogens (tertiary/aromatic N) is 3. The molecular weight excluding hydrogens is 420 g/mol. The van der Waals surface area contributed by atoms with E-state index in [1.807, 2.05) is 29.3 Å². The van der Waals surface area contributed by atoms with E-state index in [0.29, 0.717) is 18.6 Å². The number of anilines is 1. The van der Waals surface area contributed by atoms with Gasteiger partial charge in [0.1, 0.15) is 0 Å². The lowest BCUT2D eigenvalue weighted by atomic mass is 9.99. The second-order valence-electron chi connectivity index (χ2n) is 9.65. The summed E-state index contributed by atoms with van der Waals surface area (Å²) >= 11 is 0. The first-order valence-electron chi connectivity index (χ1n) is 12.5. The van der Waals surface area contributed by atoms with E-state index >= 15 is 0 Å². The highest BCUT2D eigenvalue weighted by Gasteiger charge is 2.23. The lowest BCUT2D eigenvalue weighted by Crippen LogP contribution is -2.46. The van der Waals surface area contributed by atoms with Gasteiger partial charge in [0, 0.05) is 67.8 Å². The Morgan fingerprint density at radius 2 is 1.71 bits per heavy atom. The van der Waals surface area contributed by atoms with Gasteiger partial charge in [0.2, 0.25) is 0 Å². The molecule has 1 fully saturated rings. The van der Waals surface area contributed by atoms with E-state index in [-0.39, 0.29) is 5.91 Å². The van der Waals surface area contributed by atoms with Crippen molar-refractivity contribution in [1.82, 2.24) is 15.2 Å². The second kappa shape index (κ2) is 10.4. The van der Waals surface area contributed by atoms with Crippen molar-refractivity contribution in [2.24, 2.45) is 0 Å². The van der Waals surface area contributed by atoms with Gasteiger partial charge >= 0.3 is 0 Å². The summed E-state index contributed by atoms with van der Waals surface area (Å²) in [7, 11) is 0. The lowest BCUT2D eigenvalue weighted by Gasteiger charge is -2.35. The number of hydrogen-bond donors (Lipinski definition) is 1. The van der Waals surface area contributed by atoms with E-state index in [2.05, 4.69) is 70.7 Å². The Bertz CT molecular complexity index is 1090. The standard InChI is InChI=1S/C29H34N4O/c1-22(20-27-8-4-5-16-30-27)31-26-14-18-32(19-15-26)28-11-9-24(10-12-28)29(34)33-17-13-23-6-2-3-7-25(23)21-33/h2-12,16,22,26,31H,13-15,17-21H2,1H3/t22-/m0/s1. The average molecular weight is 455 g/mol. The molecule has 5 nitrogen and oxygen atoms in total. The van der Waals surface area contributed by atoms with Crippen LogP contribution in [0.1, 0.15) is 46.9 Å². The van der Waals surface area contributed by atoms with Gasteiger partial charge in [0.25, 0.3) is 5.91 Å². The number of aromatic nitrogens is 1. The predicted octanol–water partition coefficient (Wildman–Crippen LogP) is 4.47. The molecule has 1 atom stereocenters. The van der Waals surface area contributed by atoms with Crippen LogP contribution < -0.4 is 10.2 Å². The largest absolute Gasteiger partial charge is 0.371 e. The molecule has 1 aromatic heterocycles. The number of rotatable bonds is 6. The first kappa shape index (κ1) is 22.6. The SMILES string of the molecule is C[C@@H](Cc1ccccn1)NC1CCN(c2ccc(C(=O)N3CCc4ccccc4C3)cc2)CC1. The molecule has 0 bridgehead atoms. The fourth-order valence-electron chi connectivity index (χ4n) is 5.26. The molecule has 5 rings (SSSR count). The zero-order valence-corrected chi connectivity index (χ0v) is 20.0. The van der Waals surface area contributed by atoms with Gasteiger partial charge in [-0.2, -0.15) is 0 Å². The monoisotopic (exact) mass is 454 g/mol. The van der Waals surface area contributed by atoms with Crippen LogP contribution in [0.5, 0.6) is 0 Å². The molecule has 0 spiro atoms. The summed E-state index contributed by atoms with van der Waals surface area (Å²) in [5.74, 6) is 0.130. The number of carbonyl (C=O) groups excluding carboxylic acids is 1. The summed E-state index contributed by atoms with van der Waals surface area (Å²) in [5.41, 5.74) is 5.77. The molecule has 1 saturated heterocycles. The average Bonchev–Trinajstić information content (AvgIpc) is 2.89. The van der Waals surface area contributed by atoms with Crippen molar-refractivity contribution < 1.29 is 4.79 Å². The summed E-state index contributed by atoms with van der Waals surface area (Å²) in [6.45, 7) is 5.80. The van der Waals surface area contributed by atoms with Crippen LogP contribution in [0.2, 0.25) is 0 Å². The van der Waals surface area contributed by atoms with E-state index in [1.165, 1.54) is 16.8 Å². The van der Waals surface area contributed by atoms with Gasteiger partial charge in [-0.3, -0.25) is 9.78 Å². The van der Waals surface area contributed by atoms with Crippen molar-refractivity contribution in [2.75, 3.05) is 24.5 Å². The molecule has 0 saturated carbocycles. The van der Waals surface area contributed by atoms with Crippen molar-refractivity contribution >= 4 is 11.6 Å². The Morgan fingerprint density at radius 1 is 0.971 bits per heavy atom. The van der Waals surface area contributed by atoms with Crippen LogP contribution in [0, 0.1) is 0 Å². The van der Waals surface area contributed by atoms with Crippen molar-refractivity contribution in [2.45, 2.75) is 51.2 Å². The van der Waals surface area contributed by atoms with Crippen LogP contribution in [0.25, 0.3) is 0 Å². The van der Waals surface area contributed by atoms with Crippen LogP contribution in [0.15, 0.2) is 72.9 Å². The highest BCUT2D eigenvalue weighted by molar-refractivity contribution is 5.94. The molecule has 2 aliphatic rings. The van der Waals surface area contributed by atoms with Crippen molar-refractivity contribution in [3.05, 3.63) is 95.3 Å². The summed E-state index contributed by atoms with van der Waals surface area (Å²) in [6.07, 6.45) is 6.01. The minimum Gasteiger partial charge on any atom is -0.371 e. The third-order valence-corrected chi connectivity index (χ3v) is 7.15. The maximum absolute atomic E-state index is 13.1. The number of nitrogens with one attached hydrogen (secondary N) is 1. The van der Waals surface area contributed by atoms with Gasteiger partial charge in [-0.25, -0.2) is 0 Å². The van der Waals surface area contributed by atoms with Crippen LogP contribution >= 0.6 is 0 Å². The zero-order chi connectivity index (χ0) is 23.3. The third-order valence-electron chi connectivity index (χ3n) is 7.15. The van der Waals surface area contributed by atoms with E-state index in [1.54, 1.807) is 0 Å². The van der Waals surface area contributed by atoms with E-state index in [4.69, 9.17) is 0 Å². The van der Waals surface area contributed by atoms with Gasteiger partial charge in [0.05, 0.1) is 0 Å². The Hall–Kier alpha value is -3.18. The van der Waals surface area contributed by atoms with E-state index in [0.717, 1.165) is 56.6 Å². The maximum Gasteiger partial charge on any atom is 0.254 e. The van der Waals surface area contributed by atoms with Gasteiger partial charge in [-0.15, -0.1) is 0 Å². The molecule has 0 aliphatic carbocycles. The molecule has 0 unspecified atom stereocenters. The van der Waals surface area contributed by atoms with Crippen LogP contribution in [0.4, 0.5) is 5.69 Å². The quantitative estimate of drug-likeness (QED) is 0.597. The Labute approximate surface area is 202 Å². The summed E-state index contributed by atoms with van der Waals surface area (Å²) in [4.78, 5) is 21.9. The maximum atomic E-state index is 13.1. The Morgan fingerprint density at radius 3 is 2.44 bits per heavy atom. The predicted molar refractivity (Wildman–Crippen MR) is 137 cm³/mol. The topological polar surface area (TPSA) is 48.5 Å². The molecule has 1 N–H and O–H groups in total. The molecular formula is C29H34N4O. The first-order valence-corrected chi connectivity index (χ1v) is 12.5. The van der Waals surface area contributed by atoms with Gasteiger partial charge < -0.3 is 15.1 Å². The number of piperidine rings is 1. The Kier molecular flexibility index (Phi) is 6.91. The molecule has 0 radical (unpaired) electrons. The van der Waals surface area contributed by atoms with Crippen LogP contribution in [-0.4, -0.2) is 47.5 Å². The molecule has 1 amide bonds. The molecule has 3 aromatic rings. The number of hydrogen-bond acceptors (Lipinski definition) is 4. The second-order valence-corrected chi connectivity index (χ2v) is 9.65. The zero-order valence-electron chi connectivity index (χ0n) is 20.0. The molecule has 2 aliphatic heterocycles. The van der Waals surface area contributed by atoms with Crippen molar-refractivity contribution in [3.8, 4) is 0 Å². The minimum absolute atomic E-state index is 0.130. The van der Waals surface area contributed by atoms with Crippen molar-refractivity contribution in [3.63, 3.8) is 0 Å². The van der Waals surface area contributed by atoms with Gasteiger partial charge in [0.15, 0.2) is 0 Å². The number of pyridine rings is 1. The van der Waals surface area contributed by atoms with Gasteiger partial charge in [-0.05, 0) is 73.7 Å². The molecule has 34 heavy (non-hydrogen) atoms. The highest BCUT2D eigenvalue weighted by atomic mass is 16.2. The van der Waals surface area contributed by atoms with Crippen molar-refractivity contribution in [1.29, 1.82) is 0 Å². The molecule has 2 aromatic carbocycles. The van der Waals surface area contributed by atoms with E-state index < -0.39 is 0 Å². The number of fused-ring (bicyclic) bond motifs is 1. The van der Waals surface area contributed by atoms with Crippen LogP contribution in [-0.2, 0) is 19.4 Å². The Balaban J connectivity index is 1.12. The first-order chi connectivity index (χ1) is 16.7. The van der Waals surface area contributed by atoms with Crippen LogP contribution in [0.3, 0.4) is 0 Å². The highest BCUT2D eigenvalue weighted by Crippen LogP contribution is 2.24. The number of carbonyl (C=O) groups is 1. The number of benzene rings is 2. The number of amides is 1. The molecule has 3 heterocycles. The lowest BCUT2D eigenvalue weighted by molar-refractivity contribution is 0.0734. The van der Waals surface area contributed by atoms with E-state index in [9.17, 15) is 4.79 Å². The van der Waals surface area contributed by atoms with Gasteiger partial charge in [-0.1, -0.05) is 30.3 Å². The summed E-state index contributed by atoms with van der Waals surface area (Å²) < 4.78 is 0. The smallest absolute Gasteiger partial charge is 0.254 e. The minimum atomic E-state index is 0.130. The normalized spacial score (nSPS) is 17.3. The third kappa shape index (κ3) is 5.31. The molecule has 176 valence electrons. The fourth-order valence-corrected chi connectivity index (χ4v) is 5.26. The molecule has 5 heteroatoms. The summed E-state index contributed by atoms with van der Waals surface area (Å²) in [5, 5.41) is 3.79. The summed E-state index contributed by atoms with van der Waals surface area (Å²) in [6, 6.07) is 23.7.